The van der Waals surface area contributed by atoms with Crippen LogP contribution < -0.4 is 5.32 Å². The van der Waals surface area contributed by atoms with Crippen LogP contribution >= 0.6 is 0 Å². The molecule has 0 saturated carbocycles. The number of morpholine rings is 1. The fraction of sp³-hybridized carbons (Fsp3) is 0.875. The first-order valence-corrected chi connectivity index (χ1v) is 7.40. The summed E-state index contributed by atoms with van der Waals surface area (Å²) < 4.78 is 5.80. The van der Waals surface area contributed by atoms with Crippen LogP contribution in [-0.2, 0) is 4.74 Å². The quantitative estimate of drug-likeness (QED) is 0.788. The third kappa shape index (κ3) is 8.26. The first kappa shape index (κ1) is 16.5. The molecule has 1 aliphatic heterocycles. The lowest BCUT2D eigenvalue weighted by atomic mass is 9.97. The van der Waals surface area contributed by atoms with Gasteiger partial charge in [-0.2, -0.15) is 0 Å². The van der Waals surface area contributed by atoms with Crippen LogP contribution in [0.1, 0.15) is 34.6 Å². The van der Waals surface area contributed by atoms with Crippen molar-refractivity contribution in [2.24, 2.45) is 11.3 Å². The maximum atomic E-state index is 5.80. The van der Waals surface area contributed by atoms with E-state index in [0.717, 1.165) is 39.3 Å². The van der Waals surface area contributed by atoms with Crippen LogP contribution in [0.5, 0.6) is 0 Å². The summed E-state index contributed by atoms with van der Waals surface area (Å²) in [5, 5.41) is 3.50. The molecule has 3 heteroatoms. The van der Waals surface area contributed by atoms with Crippen LogP contribution in [-0.4, -0.2) is 50.3 Å². The van der Waals surface area contributed by atoms with Gasteiger partial charge in [-0.15, -0.1) is 0 Å². The highest BCUT2D eigenvalue weighted by atomic mass is 16.5. The second-order valence-electron chi connectivity index (χ2n) is 6.90. The van der Waals surface area contributed by atoms with Gasteiger partial charge in [-0.25, -0.2) is 0 Å². The molecule has 1 rings (SSSR count). The molecule has 1 N–H and O–H groups in total. The number of hydrogen-bond acceptors (Lipinski definition) is 3. The van der Waals surface area contributed by atoms with Crippen molar-refractivity contribution in [2.45, 2.75) is 40.7 Å². The number of hydrogen-bond donors (Lipinski definition) is 1. The lowest BCUT2D eigenvalue weighted by molar-refractivity contribution is -0.0231. The van der Waals surface area contributed by atoms with Gasteiger partial charge in [0, 0.05) is 32.1 Å². The number of nitrogens with zero attached hydrogens (tertiary/aromatic N) is 1. The van der Waals surface area contributed by atoms with Gasteiger partial charge >= 0.3 is 0 Å². The fourth-order valence-corrected chi connectivity index (χ4v) is 2.02. The van der Waals surface area contributed by atoms with Gasteiger partial charge < -0.3 is 10.1 Å². The molecule has 1 unspecified atom stereocenters. The second-order valence-corrected chi connectivity index (χ2v) is 6.90. The van der Waals surface area contributed by atoms with Gasteiger partial charge in [-0.05, 0) is 5.41 Å². The molecule has 0 aliphatic carbocycles. The molecule has 0 amide bonds. The van der Waals surface area contributed by atoms with E-state index >= 15 is 0 Å². The maximum absolute atomic E-state index is 5.80. The topological polar surface area (TPSA) is 24.5 Å². The number of ether oxygens (including phenoxy) is 1. The predicted molar refractivity (Wildman–Crippen MR) is 81.1 cm³/mol. The standard InChI is InChI=1S/C16H30N2O/c1-14(2)7-6-8-18-9-10-19-15(12-18)11-17-13-16(3,4)5/h14-15,17H,8-13H2,1-5H3. The van der Waals surface area contributed by atoms with Crippen molar-refractivity contribution in [1.82, 2.24) is 10.2 Å². The molecule has 0 radical (unpaired) electrons. The molecule has 1 saturated heterocycles. The van der Waals surface area contributed by atoms with E-state index in [1.54, 1.807) is 0 Å². The molecule has 0 aromatic heterocycles. The third-order valence-electron chi connectivity index (χ3n) is 2.94. The Kier molecular flexibility index (Phi) is 6.85. The van der Waals surface area contributed by atoms with E-state index in [9.17, 15) is 0 Å². The van der Waals surface area contributed by atoms with Crippen molar-refractivity contribution in [3.8, 4) is 11.8 Å². The summed E-state index contributed by atoms with van der Waals surface area (Å²) in [7, 11) is 0. The van der Waals surface area contributed by atoms with E-state index in [4.69, 9.17) is 4.74 Å². The molecule has 19 heavy (non-hydrogen) atoms. The second kappa shape index (κ2) is 7.89. The average Bonchev–Trinajstić information content (AvgIpc) is 2.27. The Balaban J connectivity index is 2.25. The van der Waals surface area contributed by atoms with E-state index in [-0.39, 0.29) is 0 Å². The normalized spacial score (nSPS) is 21.3. The highest BCUT2D eigenvalue weighted by molar-refractivity contribution is 5.03. The van der Waals surface area contributed by atoms with E-state index in [1.807, 2.05) is 0 Å². The third-order valence-corrected chi connectivity index (χ3v) is 2.94. The lowest BCUT2D eigenvalue weighted by Crippen LogP contribution is -2.47. The zero-order valence-corrected chi connectivity index (χ0v) is 13.3. The minimum absolute atomic E-state index is 0.303. The lowest BCUT2D eigenvalue weighted by Gasteiger charge is -2.32. The van der Waals surface area contributed by atoms with Gasteiger partial charge in [0.2, 0.25) is 0 Å². The highest BCUT2D eigenvalue weighted by Crippen LogP contribution is 2.11. The average molecular weight is 266 g/mol. The van der Waals surface area contributed by atoms with Crippen molar-refractivity contribution in [1.29, 1.82) is 0 Å². The predicted octanol–water partition coefficient (Wildman–Crippen LogP) is 1.98. The molecule has 0 aromatic carbocycles. The summed E-state index contributed by atoms with van der Waals surface area (Å²) in [5.41, 5.74) is 0.330. The Hall–Kier alpha value is -0.560. The van der Waals surface area contributed by atoms with Crippen LogP contribution in [0.3, 0.4) is 0 Å². The molecule has 3 nitrogen and oxygen atoms in total. The van der Waals surface area contributed by atoms with E-state index in [2.05, 4.69) is 56.7 Å². The van der Waals surface area contributed by atoms with Gasteiger partial charge in [0.1, 0.15) is 0 Å². The summed E-state index contributed by atoms with van der Waals surface area (Å²) in [5.74, 6) is 6.94. The Labute approximate surface area is 119 Å². The minimum Gasteiger partial charge on any atom is -0.374 e. The van der Waals surface area contributed by atoms with Crippen molar-refractivity contribution in [3.63, 3.8) is 0 Å². The molecule has 110 valence electrons. The SMILES string of the molecule is CC(C)C#CCN1CCOC(CNCC(C)(C)C)C1. The Bertz CT molecular complexity index is 309. The van der Waals surface area contributed by atoms with Crippen LogP contribution in [0.4, 0.5) is 0 Å². The van der Waals surface area contributed by atoms with E-state index in [1.165, 1.54) is 0 Å². The van der Waals surface area contributed by atoms with Crippen LogP contribution in [0, 0.1) is 23.2 Å². The molecular formula is C16H30N2O. The summed E-state index contributed by atoms with van der Waals surface area (Å²) in [6.45, 7) is 16.7. The first-order chi connectivity index (χ1) is 8.87. The van der Waals surface area contributed by atoms with Crippen molar-refractivity contribution >= 4 is 0 Å². The minimum atomic E-state index is 0.303. The molecule has 1 fully saturated rings. The van der Waals surface area contributed by atoms with Crippen LogP contribution in [0.15, 0.2) is 0 Å². The maximum Gasteiger partial charge on any atom is 0.0827 e. The summed E-state index contributed by atoms with van der Waals surface area (Å²) in [6.07, 6.45) is 0.303. The van der Waals surface area contributed by atoms with Gasteiger partial charge in [0.25, 0.3) is 0 Å². The summed E-state index contributed by atoms with van der Waals surface area (Å²) >= 11 is 0. The Morgan fingerprint density at radius 1 is 1.37 bits per heavy atom. The zero-order chi connectivity index (χ0) is 14.3. The van der Waals surface area contributed by atoms with Crippen molar-refractivity contribution in [2.75, 3.05) is 39.3 Å². The van der Waals surface area contributed by atoms with E-state index < -0.39 is 0 Å². The monoisotopic (exact) mass is 266 g/mol. The Morgan fingerprint density at radius 2 is 2.11 bits per heavy atom. The fourth-order valence-electron chi connectivity index (χ4n) is 2.02. The van der Waals surface area contributed by atoms with Gasteiger partial charge in [0.15, 0.2) is 0 Å². The molecular weight excluding hydrogens is 236 g/mol. The smallest absolute Gasteiger partial charge is 0.0827 e. The molecule has 0 bridgehead atoms. The Morgan fingerprint density at radius 3 is 2.74 bits per heavy atom. The summed E-state index contributed by atoms with van der Waals surface area (Å²) in [4.78, 5) is 2.39. The molecule has 0 aromatic rings. The van der Waals surface area contributed by atoms with Crippen molar-refractivity contribution in [3.05, 3.63) is 0 Å². The molecule has 1 atom stereocenters. The first-order valence-electron chi connectivity index (χ1n) is 7.40. The molecule has 1 aliphatic rings. The van der Waals surface area contributed by atoms with E-state index in [0.29, 0.717) is 17.4 Å². The van der Waals surface area contributed by atoms with Crippen molar-refractivity contribution < 1.29 is 4.74 Å². The van der Waals surface area contributed by atoms with Gasteiger partial charge in [-0.3, -0.25) is 4.90 Å². The molecule has 1 heterocycles. The van der Waals surface area contributed by atoms with Gasteiger partial charge in [-0.1, -0.05) is 46.5 Å². The molecule has 0 spiro atoms. The zero-order valence-electron chi connectivity index (χ0n) is 13.3. The highest BCUT2D eigenvalue weighted by Gasteiger charge is 2.20. The number of nitrogens with one attached hydrogen (secondary N) is 1. The summed E-state index contributed by atoms with van der Waals surface area (Å²) in [6, 6.07) is 0. The van der Waals surface area contributed by atoms with Crippen LogP contribution in [0.2, 0.25) is 0 Å². The largest absolute Gasteiger partial charge is 0.374 e. The van der Waals surface area contributed by atoms with Gasteiger partial charge in [0.05, 0.1) is 19.3 Å². The number of rotatable bonds is 4. The van der Waals surface area contributed by atoms with Crippen LogP contribution in [0.25, 0.3) is 0 Å².